The van der Waals surface area contributed by atoms with E-state index in [1.165, 1.54) is 11.1 Å². The third kappa shape index (κ3) is 3.76. The maximum atomic E-state index is 10.5. The second-order valence-electron chi connectivity index (χ2n) is 6.14. The molecule has 2 aromatic rings. The van der Waals surface area contributed by atoms with Crippen LogP contribution in [0, 0.1) is 6.92 Å². The molecule has 0 radical (unpaired) electrons. The Bertz CT molecular complexity index is 582. The van der Waals surface area contributed by atoms with Crippen LogP contribution in [0.3, 0.4) is 0 Å². The zero-order valence-electron chi connectivity index (χ0n) is 13.1. The van der Waals surface area contributed by atoms with Crippen molar-refractivity contribution in [2.75, 3.05) is 19.6 Å². The highest BCUT2D eigenvalue weighted by atomic mass is 32.1. The Balaban J connectivity index is 1.65. The standard InChI is InChI=1S/C18H23NO2S/c1-13-3-5-15(6-4-13)17(20)10-19-9-14(2)21-18(11-19)16-7-8-22-12-16/h3-8,12,14,17-18,20H,9-11H2,1-2H3. The third-order valence-corrected chi connectivity index (χ3v) is 4.85. The smallest absolute Gasteiger partial charge is 0.0964 e. The lowest BCUT2D eigenvalue weighted by Gasteiger charge is -2.37. The van der Waals surface area contributed by atoms with Gasteiger partial charge in [0.2, 0.25) is 0 Å². The molecule has 1 fully saturated rings. The molecule has 1 aromatic carbocycles. The van der Waals surface area contributed by atoms with E-state index >= 15 is 0 Å². The van der Waals surface area contributed by atoms with E-state index in [9.17, 15) is 5.11 Å². The summed E-state index contributed by atoms with van der Waals surface area (Å²) in [6, 6.07) is 10.3. The molecule has 22 heavy (non-hydrogen) atoms. The van der Waals surface area contributed by atoms with E-state index in [4.69, 9.17) is 4.74 Å². The van der Waals surface area contributed by atoms with Gasteiger partial charge >= 0.3 is 0 Å². The van der Waals surface area contributed by atoms with Crippen molar-refractivity contribution in [3.63, 3.8) is 0 Å². The predicted octanol–water partition coefficient (Wildman–Crippen LogP) is 3.55. The van der Waals surface area contributed by atoms with Crippen LogP contribution in [0.5, 0.6) is 0 Å². The van der Waals surface area contributed by atoms with Crippen LogP contribution in [0.4, 0.5) is 0 Å². The van der Waals surface area contributed by atoms with Crippen molar-refractivity contribution in [1.82, 2.24) is 4.90 Å². The fourth-order valence-corrected chi connectivity index (χ4v) is 3.67. The molecule has 3 unspecified atom stereocenters. The third-order valence-electron chi connectivity index (χ3n) is 4.14. The highest BCUT2D eigenvalue weighted by molar-refractivity contribution is 7.07. The summed E-state index contributed by atoms with van der Waals surface area (Å²) < 4.78 is 6.05. The topological polar surface area (TPSA) is 32.7 Å². The van der Waals surface area contributed by atoms with Gasteiger partial charge in [-0.25, -0.2) is 0 Å². The summed E-state index contributed by atoms with van der Waals surface area (Å²) in [5.41, 5.74) is 3.44. The zero-order valence-corrected chi connectivity index (χ0v) is 13.9. The summed E-state index contributed by atoms with van der Waals surface area (Å²) in [4.78, 5) is 2.31. The molecule has 0 amide bonds. The molecule has 3 nitrogen and oxygen atoms in total. The maximum Gasteiger partial charge on any atom is 0.0964 e. The van der Waals surface area contributed by atoms with Gasteiger partial charge in [-0.2, -0.15) is 11.3 Å². The van der Waals surface area contributed by atoms with Gasteiger partial charge in [-0.15, -0.1) is 0 Å². The Hall–Kier alpha value is -1.20. The van der Waals surface area contributed by atoms with Crippen molar-refractivity contribution in [2.45, 2.75) is 32.2 Å². The van der Waals surface area contributed by atoms with Crippen LogP contribution in [-0.2, 0) is 4.74 Å². The van der Waals surface area contributed by atoms with Gasteiger partial charge in [0.15, 0.2) is 0 Å². The minimum Gasteiger partial charge on any atom is -0.387 e. The number of hydrogen-bond acceptors (Lipinski definition) is 4. The number of aliphatic hydroxyl groups is 1. The van der Waals surface area contributed by atoms with Crippen molar-refractivity contribution >= 4 is 11.3 Å². The molecule has 118 valence electrons. The summed E-state index contributed by atoms with van der Waals surface area (Å²) in [6.45, 7) is 6.51. The molecule has 0 aliphatic carbocycles. The first-order chi connectivity index (χ1) is 10.6. The van der Waals surface area contributed by atoms with Gasteiger partial charge in [0.25, 0.3) is 0 Å². The van der Waals surface area contributed by atoms with Gasteiger partial charge in [0.05, 0.1) is 18.3 Å². The van der Waals surface area contributed by atoms with Crippen LogP contribution in [-0.4, -0.2) is 35.7 Å². The van der Waals surface area contributed by atoms with Gasteiger partial charge in [0.1, 0.15) is 0 Å². The molecule has 3 atom stereocenters. The fraction of sp³-hybridized carbons (Fsp3) is 0.444. The first kappa shape index (κ1) is 15.7. The molecule has 1 saturated heterocycles. The lowest BCUT2D eigenvalue weighted by atomic mass is 10.1. The number of β-amino-alcohol motifs (C(OH)–C–C–N with tert-alkyl or cyclic N) is 1. The number of hydrogen-bond donors (Lipinski definition) is 1. The molecule has 1 aliphatic heterocycles. The highest BCUT2D eigenvalue weighted by Gasteiger charge is 2.28. The van der Waals surface area contributed by atoms with Crippen molar-refractivity contribution in [2.24, 2.45) is 0 Å². The van der Waals surface area contributed by atoms with Crippen LogP contribution in [0.15, 0.2) is 41.1 Å². The molecule has 1 N–H and O–H groups in total. The molecule has 2 heterocycles. The van der Waals surface area contributed by atoms with Crippen molar-refractivity contribution in [3.05, 3.63) is 57.8 Å². The van der Waals surface area contributed by atoms with Crippen LogP contribution < -0.4 is 0 Å². The van der Waals surface area contributed by atoms with Gasteiger partial charge in [-0.05, 0) is 41.8 Å². The van der Waals surface area contributed by atoms with E-state index in [1.54, 1.807) is 11.3 Å². The van der Waals surface area contributed by atoms with Gasteiger partial charge in [0, 0.05) is 19.6 Å². The van der Waals surface area contributed by atoms with E-state index < -0.39 is 6.10 Å². The number of nitrogens with zero attached hydrogens (tertiary/aromatic N) is 1. The average molecular weight is 317 g/mol. The second-order valence-corrected chi connectivity index (χ2v) is 6.92. The Kier molecular flexibility index (Phi) is 4.93. The van der Waals surface area contributed by atoms with Gasteiger partial charge in [-0.3, -0.25) is 4.90 Å². The molecule has 0 saturated carbocycles. The zero-order chi connectivity index (χ0) is 15.5. The monoisotopic (exact) mass is 317 g/mol. The first-order valence-corrected chi connectivity index (χ1v) is 8.70. The average Bonchev–Trinajstić information content (AvgIpc) is 3.01. The number of thiophene rings is 1. The Morgan fingerprint density at radius 1 is 1.27 bits per heavy atom. The number of rotatable bonds is 4. The van der Waals surface area contributed by atoms with Crippen LogP contribution >= 0.6 is 11.3 Å². The Morgan fingerprint density at radius 2 is 2.05 bits per heavy atom. The molecular weight excluding hydrogens is 294 g/mol. The van der Waals surface area contributed by atoms with E-state index in [-0.39, 0.29) is 12.2 Å². The van der Waals surface area contributed by atoms with Crippen LogP contribution in [0.25, 0.3) is 0 Å². The van der Waals surface area contributed by atoms with Crippen LogP contribution in [0.2, 0.25) is 0 Å². The van der Waals surface area contributed by atoms with Crippen molar-refractivity contribution in [3.8, 4) is 0 Å². The van der Waals surface area contributed by atoms with Crippen molar-refractivity contribution < 1.29 is 9.84 Å². The number of aliphatic hydroxyl groups excluding tert-OH is 1. The fourth-order valence-electron chi connectivity index (χ4n) is 2.97. The first-order valence-electron chi connectivity index (χ1n) is 7.76. The Morgan fingerprint density at radius 3 is 2.73 bits per heavy atom. The molecule has 0 bridgehead atoms. The van der Waals surface area contributed by atoms with E-state index in [0.29, 0.717) is 6.54 Å². The molecule has 4 heteroatoms. The lowest BCUT2D eigenvalue weighted by molar-refractivity contribution is -0.0868. The van der Waals surface area contributed by atoms with Crippen LogP contribution in [0.1, 0.15) is 35.8 Å². The Labute approximate surface area is 136 Å². The summed E-state index contributed by atoms with van der Waals surface area (Å²) in [5, 5.41) is 14.7. The number of aryl methyl sites for hydroxylation is 1. The van der Waals surface area contributed by atoms with Crippen molar-refractivity contribution in [1.29, 1.82) is 0 Å². The number of ether oxygens (including phenoxy) is 1. The molecule has 1 aliphatic rings. The summed E-state index contributed by atoms with van der Waals surface area (Å²) in [6.07, 6.45) is -0.155. The lowest BCUT2D eigenvalue weighted by Crippen LogP contribution is -2.44. The van der Waals surface area contributed by atoms with Gasteiger partial charge < -0.3 is 9.84 Å². The summed E-state index contributed by atoms with van der Waals surface area (Å²) in [7, 11) is 0. The number of morpholine rings is 1. The number of benzene rings is 1. The SMILES string of the molecule is Cc1ccc(C(O)CN2CC(C)OC(c3ccsc3)C2)cc1. The summed E-state index contributed by atoms with van der Waals surface area (Å²) in [5.74, 6) is 0. The summed E-state index contributed by atoms with van der Waals surface area (Å²) >= 11 is 1.70. The minimum absolute atomic E-state index is 0.111. The quantitative estimate of drug-likeness (QED) is 0.936. The highest BCUT2D eigenvalue weighted by Crippen LogP contribution is 2.28. The van der Waals surface area contributed by atoms with E-state index in [0.717, 1.165) is 18.7 Å². The molecule has 1 aromatic heterocycles. The maximum absolute atomic E-state index is 10.5. The predicted molar refractivity (Wildman–Crippen MR) is 90.2 cm³/mol. The van der Waals surface area contributed by atoms with E-state index in [1.807, 2.05) is 12.1 Å². The minimum atomic E-state index is -0.450. The molecule has 3 rings (SSSR count). The van der Waals surface area contributed by atoms with Gasteiger partial charge in [-0.1, -0.05) is 29.8 Å². The molecule has 0 spiro atoms. The largest absolute Gasteiger partial charge is 0.387 e. The normalized spacial score (nSPS) is 24.3. The molecular formula is C18H23NO2S. The van der Waals surface area contributed by atoms with E-state index in [2.05, 4.69) is 47.7 Å². The second kappa shape index (κ2) is 6.92.